The molecule has 0 radical (unpaired) electrons. The van der Waals surface area contributed by atoms with Crippen LogP contribution in [0.5, 0.6) is 5.88 Å². The number of hydrogen-bond acceptors (Lipinski definition) is 7. The van der Waals surface area contributed by atoms with E-state index >= 15 is 0 Å². The minimum Gasteiger partial charge on any atom is -0.478 e. The molecule has 1 amide bonds. The van der Waals surface area contributed by atoms with Crippen LogP contribution < -0.4 is 9.64 Å². The molecule has 0 aromatic carbocycles. The van der Waals surface area contributed by atoms with Crippen LogP contribution in [0.1, 0.15) is 13.8 Å². The number of morpholine rings is 1. The molecule has 0 saturated carbocycles. The first-order chi connectivity index (χ1) is 12.2. The number of carbonyl (C=O) groups excluding carboxylic acids is 1. The molecule has 2 aliphatic rings. The number of aromatic nitrogens is 2. The zero-order chi connectivity index (χ0) is 17.6. The van der Waals surface area contributed by atoms with E-state index < -0.39 is 0 Å². The fourth-order valence-corrected chi connectivity index (χ4v) is 3.23. The zero-order valence-electron chi connectivity index (χ0n) is 15.1. The third-order valence-corrected chi connectivity index (χ3v) is 4.73. The summed E-state index contributed by atoms with van der Waals surface area (Å²) < 4.78 is 10.8. The SMILES string of the molecule is CCOc1ccnc(N2CCN(C(=O)[C@@H](C)N3CCOCC3)CC2)n1. The lowest BCUT2D eigenvalue weighted by Crippen LogP contribution is -2.56. The van der Waals surface area contributed by atoms with Crippen molar-refractivity contribution in [2.45, 2.75) is 19.9 Å². The maximum Gasteiger partial charge on any atom is 0.239 e. The van der Waals surface area contributed by atoms with Crippen LogP contribution in [0.2, 0.25) is 0 Å². The normalized spacial score (nSPS) is 20.4. The zero-order valence-corrected chi connectivity index (χ0v) is 15.1. The highest BCUT2D eigenvalue weighted by Crippen LogP contribution is 2.16. The Morgan fingerprint density at radius 3 is 2.64 bits per heavy atom. The number of piperazine rings is 1. The lowest BCUT2D eigenvalue weighted by molar-refractivity contribution is -0.138. The second-order valence-electron chi connectivity index (χ2n) is 6.26. The Kier molecular flexibility index (Phi) is 6.04. The van der Waals surface area contributed by atoms with E-state index in [0.29, 0.717) is 44.7 Å². The molecule has 2 saturated heterocycles. The van der Waals surface area contributed by atoms with Gasteiger partial charge in [-0.15, -0.1) is 0 Å². The molecule has 25 heavy (non-hydrogen) atoms. The van der Waals surface area contributed by atoms with Crippen molar-refractivity contribution in [2.75, 3.05) is 64.0 Å². The van der Waals surface area contributed by atoms with Crippen LogP contribution in [-0.4, -0.2) is 90.8 Å². The van der Waals surface area contributed by atoms with E-state index in [9.17, 15) is 4.79 Å². The molecule has 8 nitrogen and oxygen atoms in total. The lowest BCUT2D eigenvalue weighted by Gasteiger charge is -2.39. The Bertz CT molecular complexity index is 571. The molecule has 0 spiro atoms. The molecule has 3 heterocycles. The van der Waals surface area contributed by atoms with Gasteiger partial charge in [0.05, 0.1) is 25.9 Å². The highest BCUT2D eigenvalue weighted by Gasteiger charge is 2.29. The summed E-state index contributed by atoms with van der Waals surface area (Å²) in [6, 6.07) is 1.67. The summed E-state index contributed by atoms with van der Waals surface area (Å²) in [5.74, 6) is 1.46. The molecule has 2 aliphatic heterocycles. The second kappa shape index (κ2) is 8.44. The van der Waals surface area contributed by atoms with Crippen LogP contribution in [0, 0.1) is 0 Å². The molecule has 2 fully saturated rings. The molecule has 0 N–H and O–H groups in total. The van der Waals surface area contributed by atoms with Crippen molar-refractivity contribution < 1.29 is 14.3 Å². The Labute approximate surface area is 148 Å². The quantitative estimate of drug-likeness (QED) is 0.754. The third kappa shape index (κ3) is 4.38. The number of anilines is 1. The second-order valence-corrected chi connectivity index (χ2v) is 6.26. The molecule has 1 atom stereocenters. The van der Waals surface area contributed by atoms with Gasteiger partial charge in [0.1, 0.15) is 0 Å². The van der Waals surface area contributed by atoms with E-state index in [1.54, 1.807) is 12.3 Å². The molecular weight excluding hydrogens is 322 g/mol. The summed E-state index contributed by atoms with van der Waals surface area (Å²) in [5.41, 5.74) is 0. The first kappa shape index (κ1) is 17.9. The van der Waals surface area contributed by atoms with Crippen molar-refractivity contribution in [1.29, 1.82) is 0 Å². The Morgan fingerprint density at radius 1 is 1.24 bits per heavy atom. The van der Waals surface area contributed by atoms with Gasteiger partial charge in [0.25, 0.3) is 0 Å². The maximum atomic E-state index is 12.8. The maximum absolute atomic E-state index is 12.8. The summed E-state index contributed by atoms with van der Waals surface area (Å²) in [6.45, 7) is 10.4. The molecule has 0 unspecified atom stereocenters. The van der Waals surface area contributed by atoms with Crippen molar-refractivity contribution in [3.63, 3.8) is 0 Å². The number of ether oxygens (including phenoxy) is 2. The fraction of sp³-hybridized carbons (Fsp3) is 0.706. The fourth-order valence-electron chi connectivity index (χ4n) is 3.23. The van der Waals surface area contributed by atoms with Crippen LogP contribution in [0.25, 0.3) is 0 Å². The summed E-state index contributed by atoms with van der Waals surface area (Å²) in [4.78, 5) is 27.8. The Hall–Kier alpha value is -1.93. The first-order valence-electron chi connectivity index (χ1n) is 9.00. The topological polar surface area (TPSA) is 71.0 Å². The minimum atomic E-state index is -0.0898. The van der Waals surface area contributed by atoms with Crippen molar-refractivity contribution in [2.24, 2.45) is 0 Å². The van der Waals surface area contributed by atoms with Crippen LogP contribution >= 0.6 is 0 Å². The van der Waals surface area contributed by atoms with Gasteiger partial charge in [0.15, 0.2) is 0 Å². The standard InChI is InChI=1S/C17H27N5O3/c1-3-25-15-4-5-18-17(19-15)22-8-6-21(7-9-22)16(23)14(2)20-10-12-24-13-11-20/h4-5,14H,3,6-13H2,1-2H3/t14-/m1/s1. The molecule has 0 bridgehead atoms. The van der Waals surface area contributed by atoms with Gasteiger partial charge < -0.3 is 19.3 Å². The molecule has 1 aromatic rings. The molecule has 0 aliphatic carbocycles. The summed E-state index contributed by atoms with van der Waals surface area (Å²) >= 11 is 0. The van der Waals surface area contributed by atoms with Crippen molar-refractivity contribution in [1.82, 2.24) is 19.8 Å². The average molecular weight is 349 g/mol. The van der Waals surface area contributed by atoms with E-state index in [1.165, 1.54) is 0 Å². The van der Waals surface area contributed by atoms with Gasteiger partial charge in [-0.3, -0.25) is 9.69 Å². The van der Waals surface area contributed by atoms with Crippen LogP contribution in [0.15, 0.2) is 12.3 Å². The van der Waals surface area contributed by atoms with E-state index in [0.717, 1.165) is 26.2 Å². The summed E-state index contributed by atoms with van der Waals surface area (Å²) in [7, 11) is 0. The van der Waals surface area contributed by atoms with E-state index in [-0.39, 0.29) is 11.9 Å². The van der Waals surface area contributed by atoms with Gasteiger partial charge in [0.2, 0.25) is 17.7 Å². The van der Waals surface area contributed by atoms with Gasteiger partial charge >= 0.3 is 0 Å². The predicted molar refractivity (Wildman–Crippen MR) is 93.8 cm³/mol. The number of amides is 1. The third-order valence-electron chi connectivity index (χ3n) is 4.73. The number of carbonyl (C=O) groups is 1. The molecule has 1 aromatic heterocycles. The van der Waals surface area contributed by atoms with Crippen LogP contribution in [-0.2, 0) is 9.53 Å². The van der Waals surface area contributed by atoms with Crippen molar-refractivity contribution in [3.8, 4) is 5.88 Å². The number of hydrogen-bond donors (Lipinski definition) is 0. The predicted octanol–water partition coefficient (Wildman–Crippen LogP) is 0.245. The van der Waals surface area contributed by atoms with Gasteiger partial charge in [-0.2, -0.15) is 4.98 Å². The summed E-state index contributed by atoms with van der Waals surface area (Å²) in [6.07, 6.45) is 1.71. The monoisotopic (exact) mass is 349 g/mol. The highest BCUT2D eigenvalue weighted by atomic mass is 16.5. The number of rotatable bonds is 5. The van der Waals surface area contributed by atoms with Crippen LogP contribution in [0.3, 0.4) is 0 Å². The molecule has 3 rings (SSSR count). The summed E-state index contributed by atoms with van der Waals surface area (Å²) in [5, 5.41) is 0. The largest absolute Gasteiger partial charge is 0.478 e. The number of nitrogens with zero attached hydrogens (tertiary/aromatic N) is 5. The van der Waals surface area contributed by atoms with Gasteiger partial charge in [-0.25, -0.2) is 4.98 Å². The molecule has 138 valence electrons. The van der Waals surface area contributed by atoms with E-state index in [2.05, 4.69) is 19.8 Å². The van der Waals surface area contributed by atoms with E-state index in [1.807, 2.05) is 18.7 Å². The van der Waals surface area contributed by atoms with Gasteiger partial charge in [-0.1, -0.05) is 0 Å². The first-order valence-corrected chi connectivity index (χ1v) is 9.00. The van der Waals surface area contributed by atoms with Crippen molar-refractivity contribution >= 4 is 11.9 Å². The van der Waals surface area contributed by atoms with Gasteiger partial charge in [-0.05, 0) is 13.8 Å². The molecule has 8 heteroatoms. The van der Waals surface area contributed by atoms with Gasteiger partial charge in [0, 0.05) is 51.5 Å². The smallest absolute Gasteiger partial charge is 0.239 e. The lowest BCUT2D eigenvalue weighted by atomic mass is 10.2. The molecular formula is C17H27N5O3. The minimum absolute atomic E-state index is 0.0898. The van der Waals surface area contributed by atoms with Crippen molar-refractivity contribution in [3.05, 3.63) is 12.3 Å². The Balaban J connectivity index is 1.54. The van der Waals surface area contributed by atoms with Crippen LogP contribution in [0.4, 0.5) is 5.95 Å². The average Bonchev–Trinajstić information content (AvgIpc) is 2.68. The highest BCUT2D eigenvalue weighted by molar-refractivity contribution is 5.81. The Morgan fingerprint density at radius 2 is 1.96 bits per heavy atom. The van der Waals surface area contributed by atoms with E-state index in [4.69, 9.17) is 9.47 Å².